The fraction of sp³-hybridized carbons (Fsp3) is 0.136. The van der Waals surface area contributed by atoms with E-state index in [1.807, 2.05) is 13.0 Å². The summed E-state index contributed by atoms with van der Waals surface area (Å²) in [5.41, 5.74) is 2.50. The third kappa shape index (κ3) is 4.74. The lowest BCUT2D eigenvalue weighted by molar-refractivity contribution is -0.385. The molecule has 0 unspecified atom stereocenters. The van der Waals surface area contributed by atoms with Crippen molar-refractivity contribution in [2.24, 2.45) is 0 Å². The molecule has 166 valence electrons. The summed E-state index contributed by atoms with van der Waals surface area (Å²) in [5.74, 6) is -0.631. The second-order valence-corrected chi connectivity index (χ2v) is 9.22. The number of nitrogens with zero attached hydrogens (tertiary/aromatic N) is 1. The number of aryl methyl sites for hydroxylation is 1. The molecular weight excluding hydrogens is 454 g/mol. The van der Waals surface area contributed by atoms with Gasteiger partial charge in [0.05, 0.1) is 26.9 Å². The normalized spacial score (nSPS) is 11.1. The van der Waals surface area contributed by atoms with Gasteiger partial charge in [0.1, 0.15) is 4.90 Å². The van der Waals surface area contributed by atoms with Gasteiger partial charge < -0.3 is 5.32 Å². The summed E-state index contributed by atoms with van der Waals surface area (Å²) < 4.78 is 28.5. The minimum absolute atomic E-state index is 0.0293. The number of nitro groups is 1. The van der Waals surface area contributed by atoms with Crippen LogP contribution >= 0.6 is 11.6 Å². The van der Waals surface area contributed by atoms with Gasteiger partial charge >= 0.3 is 0 Å². The van der Waals surface area contributed by atoms with Crippen LogP contribution in [0.4, 0.5) is 17.1 Å². The Balaban J connectivity index is 1.93. The zero-order valence-electron chi connectivity index (χ0n) is 17.5. The van der Waals surface area contributed by atoms with Crippen LogP contribution in [0.3, 0.4) is 0 Å². The van der Waals surface area contributed by atoms with Crippen LogP contribution in [-0.4, -0.2) is 19.2 Å². The van der Waals surface area contributed by atoms with E-state index in [-0.39, 0.29) is 32.4 Å². The molecule has 0 heterocycles. The van der Waals surface area contributed by atoms with Gasteiger partial charge in [-0.1, -0.05) is 29.8 Å². The van der Waals surface area contributed by atoms with Gasteiger partial charge in [-0.15, -0.1) is 0 Å². The molecule has 0 bridgehead atoms. The SMILES string of the molecule is Cc1cccc(NS(=O)(=O)c2cc(C(=O)Nc3cccc([N+](=O)[O-])c3C)ccc2Cl)c1C. The molecule has 3 rings (SSSR count). The number of carbonyl (C=O) groups excluding carboxylic acids is 1. The number of nitrogens with one attached hydrogen (secondary N) is 2. The van der Waals surface area contributed by atoms with E-state index in [0.29, 0.717) is 5.69 Å². The molecule has 0 aliphatic heterocycles. The molecule has 0 fully saturated rings. The molecule has 0 spiro atoms. The standard InChI is InChI=1S/C22H20ClN3O5S/c1-13-6-4-8-19(14(13)2)25-32(30,31)21-12-16(10-11-17(21)23)22(27)24-18-7-5-9-20(15(18)3)26(28)29/h4-12,25H,1-3H3,(H,24,27). The van der Waals surface area contributed by atoms with Crippen molar-refractivity contribution in [3.05, 3.63) is 92.0 Å². The second-order valence-electron chi connectivity index (χ2n) is 7.16. The first kappa shape index (κ1) is 23.2. The fourth-order valence-electron chi connectivity index (χ4n) is 3.06. The predicted molar refractivity (Wildman–Crippen MR) is 124 cm³/mol. The quantitative estimate of drug-likeness (QED) is 0.375. The summed E-state index contributed by atoms with van der Waals surface area (Å²) in [5, 5.41) is 13.7. The molecule has 1 amide bonds. The van der Waals surface area contributed by atoms with E-state index in [9.17, 15) is 23.3 Å². The highest BCUT2D eigenvalue weighted by Crippen LogP contribution is 2.29. The summed E-state index contributed by atoms with van der Waals surface area (Å²) in [6.45, 7) is 5.17. The smallest absolute Gasteiger partial charge is 0.274 e. The summed E-state index contributed by atoms with van der Waals surface area (Å²) in [4.78, 5) is 23.1. The molecule has 8 nitrogen and oxygen atoms in total. The number of anilines is 2. The van der Waals surface area contributed by atoms with E-state index in [1.54, 1.807) is 19.1 Å². The summed E-state index contributed by atoms with van der Waals surface area (Å²) in [6.07, 6.45) is 0. The maximum Gasteiger partial charge on any atom is 0.274 e. The molecule has 0 radical (unpaired) electrons. The Kier molecular flexibility index (Phi) is 6.52. The van der Waals surface area contributed by atoms with Crippen LogP contribution < -0.4 is 10.0 Å². The number of sulfonamides is 1. The average Bonchev–Trinajstić information content (AvgIpc) is 2.72. The third-order valence-electron chi connectivity index (χ3n) is 5.08. The lowest BCUT2D eigenvalue weighted by Crippen LogP contribution is -2.17. The number of amides is 1. The van der Waals surface area contributed by atoms with Crippen molar-refractivity contribution in [2.75, 3.05) is 10.0 Å². The van der Waals surface area contributed by atoms with E-state index in [1.165, 1.54) is 37.3 Å². The molecule has 32 heavy (non-hydrogen) atoms. The van der Waals surface area contributed by atoms with Crippen molar-refractivity contribution in [2.45, 2.75) is 25.7 Å². The van der Waals surface area contributed by atoms with Gasteiger partial charge in [-0.25, -0.2) is 8.42 Å². The van der Waals surface area contributed by atoms with E-state index in [2.05, 4.69) is 10.0 Å². The number of nitro benzene ring substituents is 1. The Morgan fingerprint density at radius 2 is 1.62 bits per heavy atom. The minimum atomic E-state index is -4.09. The number of hydrogen-bond acceptors (Lipinski definition) is 5. The summed E-state index contributed by atoms with van der Waals surface area (Å²) in [7, 11) is -4.09. The number of rotatable bonds is 6. The van der Waals surface area contributed by atoms with E-state index < -0.39 is 20.9 Å². The van der Waals surface area contributed by atoms with Crippen LogP contribution in [0.15, 0.2) is 59.5 Å². The highest BCUT2D eigenvalue weighted by molar-refractivity contribution is 7.92. The van der Waals surface area contributed by atoms with Crippen LogP contribution in [0.1, 0.15) is 27.0 Å². The topological polar surface area (TPSA) is 118 Å². The van der Waals surface area contributed by atoms with Crippen molar-refractivity contribution in [1.82, 2.24) is 0 Å². The predicted octanol–water partition coefficient (Wildman–Crippen LogP) is 5.23. The Bertz CT molecular complexity index is 1340. The van der Waals surface area contributed by atoms with Crippen molar-refractivity contribution < 1.29 is 18.1 Å². The monoisotopic (exact) mass is 473 g/mol. The Hall–Kier alpha value is -3.43. The van der Waals surface area contributed by atoms with Crippen LogP contribution in [0.25, 0.3) is 0 Å². The van der Waals surface area contributed by atoms with Crippen molar-refractivity contribution in [3.63, 3.8) is 0 Å². The van der Waals surface area contributed by atoms with Crippen LogP contribution in [0.2, 0.25) is 5.02 Å². The Morgan fingerprint density at radius 3 is 2.31 bits per heavy atom. The highest BCUT2D eigenvalue weighted by atomic mass is 35.5. The first-order chi connectivity index (χ1) is 15.0. The Morgan fingerprint density at radius 1 is 0.969 bits per heavy atom. The van der Waals surface area contributed by atoms with Gasteiger partial charge in [-0.2, -0.15) is 0 Å². The van der Waals surface area contributed by atoms with E-state index in [0.717, 1.165) is 17.2 Å². The van der Waals surface area contributed by atoms with Crippen LogP contribution in [-0.2, 0) is 10.0 Å². The van der Waals surface area contributed by atoms with E-state index in [4.69, 9.17) is 11.6 Å². The van der Waals surface area contributed by atoms with Crippen molar-refractivity contribution >= 4 is 44.6 Å². The molecule has 0 aromatic heterocycles. The third-order valence-corrected chi connectivity index (χ3v) is 6.93. The van der Waals surface area contributed by atoms with Crippen molar-refractivity contribution in [3.8, 4) is 0 Å². The van der Waals surface area contributed by atoms with Gasteiger partial charge in [0.25, 0.3) is 21.6 Å². The molecule has 2 N–H and O–H groups in total. The van der Waals surface area contributed by atoms with E-state index >= 15 is 0 Å². The highest BCUT2D eigenvalue weighted by Gasteiger charge is 2.22. The average molecular weight is 474 g/mol. The number of hydrogen-bond donors (Lipinski definition) is 2. The molecule has 0 saturated carbocycles. The molecule has 0 saturated heterocycles. The zero-order chi connectivity index (χ0) is 23.6. The van der Waals surface area contributed by atoms with Crippen molar-refractivity contribution in [1.29, 1.82) is 0 Å². The van der Waals surface area contributed by atoms with Gasteiger partial charge in [-0.05, 0) is 62.2 Å². The zero-order valence-corrected chi connectivity index (χ0v) is 19.0. The maximum atomic E-state index is 13.0. The second kappa shape index (κ2) is 8.97. The molecule has 10 heteroatoms. The molecule has 0 aliphatic rings. The molecule has 0 aliphatic carbocycles. The summed E-state index contributed by atoms with van der Waals surface area (Å²) in [6, 6.07) is 13.4. The molecule has 0 atom stereocenters. The van der Waals surface area contributed by atoms with Crippen LogP contribution in [0.5, 0.6) is 0 Å². The van der Waals surface area contributed by atoms with Crippen LogP contribution in [0, 0.1) is 30.9 Å². The van der Waals surface area contributed by atoms with Gasteiger partial charge in [0.15, 0.2) is 0 Å². The lowest BCUT2D eigenvalue weighted by Gasteiger charge is -2.14. The largest absolute Gasteiger partial charge is 0.321 e. The maximum absolute atomic E-state index is 13.0. The summed E-state index contributed by atoms with van der Waals surface area (Å²) >= 11 is 6.14. The number of halogens is 1. The van der Waals surface area contributed by atoms with Gasteiger partial charge in [0.2, 0.25) is 0 Å². The van der Waals surface area contributed by atoms with Gasteiger partial charge in [-0.3, -0.25) is 19.6 Å². The molecule has 3 aromatic carbocycles. The number of carbonyl (C=O) groups is 1. The first-order valence-electron chi connectivity index (χ1n) is 9.45. The Labute approximate surface area is 190 Å². The first-order valence-corrected chi connectivity index (χ1v) is 11.3. The molecule has 3 aromatic rings. The minimum Gasteiger partial charge on any atom is -0.321 e. The molecular formula is C22H20ClN3O5S. The fourth-order valence-corrected chi connectivity index (χ4v) is 4.71. The lowest BCUT2D eigenvalue weighted by atomic mass is 10.1. The van der Waals surface area contributed by atoms with Gasteiger partial charge in [0, 0.05) is 11.6 Å². The number of benzene rings is 3.